The van der Waals surface area contributed by atoms with E-state index in [1.807, 2.05) is 20.9 Å². The molecule has 0 atom stereocenters. The SMILES string of the molecule is Cc1nn(C)c(C)c1CN(C1CC1)S(=O)(=O)c1cccc(Cl)c1. The van der Waals surface area contributed by atoms with Gasteiger partial charge in [-0.05, 0) is 44.9 Å². The standard InChI is InChI=1S/C16H20ClN3O2S/c1-11-16(12(2)19(3)18-11)10-20(14-7-8-14)23(21,22)15-6-4-5-13(17)9-15/h4-6,9,14H,7-8,10H2,1-3H3. The van der Waals surface area contributed by atoms with Gasteiger partial charge >= 0.3 is 0 Å². The number of aryl methyl sites for hydroxylation is 2. The molecule has 1 aromatic heterocycles. The summed E-state index contributed by atoms with van der Waals surface area (Å²) in [5.74, 6) is 0. The Labute approximate surface area is 141 Å². The Balaban J connectivity index is 1.99. The van der Waals surface area contributed by atoms with E-state index in [1.165, 1.54) is 6.07 Å². The Morgan fingerprint density at radius 2 is 2.04 bits per heavy atom. The average molecular weight is 354 g/mol. The van der Waals surface area contributed by atoms with E-state index in [-0.39, 0.29) is 10.9 Å². The Morgan fingerprint density at radius 3 is 2.57 bits per heavy atom. The van der Waals surface area contributed by atoms with E-state index in [0.29, 0.717) is 11.6 Å². The fourth-order valence-corrected chi connectivity index (χ4v) is 4.69. The Kier molecular flexibility index (Phi) is 4.25. The predicted octanol–water partition coefficient (Wildman–Crippen LogP) is 3.04. The van der Waals surface area contributed by atoms with Crippen LogP contribution < -0.4 is 0 Å². The number of nitrogens with zero attached hydrogens (tertiary/aromatic N) is 3. The van der Waals surface area contributed by atoms with Crippen molar-refractivity contribution in [3.63, 3.8) is 0 Å². The zero-order chi connectivity index (χ0) is 16.8. The number of benzene rings is 1. The van der Waals surface area contributed by atoms with Crippen LogP contribution in [0.25, 0.3) is 0 Å². The largest absolute Gasteiger partial charge is 0.272 e. The van der Waals surface area contributed by atoms with E-state index in [0.717, 1.165) is 29.8 Å². The van der Waals surface area contributed by atoms with Crippen LogP contribution in [0.1, 0.15) is 29.8 Å². The quantitative estimate of drug-likeness (QED) is 0.830. The van der Waals surface area contributed by atoms with Gasteiger partial charge in [0.05, 0.1) is 10.6 Å². The van der Waals surface area contributed by atoms with E-state index in [4.69, 9.17) is 11.6 Å². The highest BCUT2D eigenvalue weighted by atomic mass is 35.5. The summed E-state index contributed by atoms with van der Waals surface area (Å²) in [6.07, 6.45) is 1.80. The molecule has 1 heterocycles. The molecule has 5 nitrogen and oxygen atoms in total. The summed E-state index contributed by atoms with van der Waals surface area (Å²) in [6.45, 7) is 4.23. The van der Waals surface area contributed by atoms with Crippen molar-refractivity contribution in [2.45, 2.75) is 44.2 Å². The van der Waals surface area contributed by atoms with Crippen LogP contribution in [-0.4, -0.2) is 28.5 Å². The lowest BCUT2D eigenvalue weighted by Gasteiger charge is -2.22. The molecule has 124 valence electrons. The van der Waals surface area contributed by atoms with Crippen molar-refractivity contribution in [2.24, 2.45) is 7.05 Å². The van der Waals surface area contributed by atoms with Gasteiger partial charge in [0, 0.05) is 35.9 Å². The molecule has 7 heteroatoms. The molecule has 1 saturated carbocycles. The maximum Gasteiger partial charge on any atom is 0.243 e. The molecule has 2 aromatic rings. The summed E-state index contributed by atoms with van der Waals surface area (Å²) in [6, 6.07) is 6.52. The number of sulfonamides is 1. The molecule has 1 aromatic carbocycles. The molecule has 0 N–H and O–H groups in total. The van der Waals surface area contributed by atoms with Crippen molar-refractivity contribution in [3.8, 4) is 0 Å². The summed E-state index contributed by atoms with van der Waals surface area (Å²) in [5.41, 5.74) is 2.84. The lowest BCUT2D eigenvalue weighted by Crippen LogP contribution is -2.33. The number of rotatable bonds is 5. The van der Waals surface area contributed by atoms with Crippen LogP contribution in [-0.2, 0) is 23.6 Å². The number of hydrogen-bond acceptors (Lipinski definition) is 3. The molecule has 0 bridgehead atoms. The Morgan fingerprint density at radius 1 is 1.35 bits per heavy atom. The van der Waals surface area contributed by atoms with E-state index in [1.54, 1.807) is 27.2 Å². The average Bonchev–Trinajstić information content (AvgIpc) is 3.28. The maximum atomic E-state index is 13.0. The highest BCUT2D eigenvalue weighted by Crippen LogP contribution is 2.34. The molecular weight excluding hydrogens is 334 g/mol. The molecule has 0 radical (unpaired) electrons. The highest BCUT2D eigenvalue weighted by molar-refractivity contribution is 7.89. The maximum absolute atomic E-state index is 13.0. The van der Waals surface area contributed by atoms with Gasteiger partial charge in [-0.15, -0.1) is 0 Å². The van der Waals surface area contributed by atoms with Crippen molar-refractivity contribution in [1.29, 1.82) is 0 Å². The first-order valence-electron chi connectivity index (χ1n) is 7.57. The van der Waals surface area contributed by atoms with Crippen molar-refractivity contribution in [2.75, 3.05) is 0 Å². The topological polar surface area (TPSA) is 55.2 Å². The van der Waals surface area contributed by atoms with E-state index in [2.05, 4.69) is 5.10 Å². The van der Waals surface area contributed by atoms with Gasteiger partial charge < -0.3 is 0 Å². The van der Waals surface area contributed by atoms with E-state index >= 15 is 0 Å². The monoisotopic (exact) mass is 353 g/mol. The van der Waals surface area contributed by atoms with Crippen LogP contribution in [0.5, 0.6) is 0 Å². The molecule has 0 spiro atoms. The van der Waals surface area contributed by atoms with Gasteiger partial charge in [-0.25, -0.2) is 8.42 Å². The summed E-state index contributed by atoms with van der Waals surface area (Å²) in [5, 5.41) is 4.81. The minimum atomic E-state index is -3.57. The Hall–Kier alpha value is -1.37. The van der Waals surface area contributed by atoms with Gasteiger partial charge in [0.25, 0.3) is 0 Å². The second kappa shape index (κ2) is 5.92. The van der Waals surface area contributed by atoms with Crippen LogP contribution in [0.2, 0.25) is 5.02 Å². The minimum absolute atomic E-state index is 0.0676. The third-order valence-corrected chi connectivity index (χ3v) is 6.46. The second-order valence-corrected chi connectivity index (χ2v) is 8.34. The molecule has 1 aliphatic rings. The van der Waals surface area contributed by atoms with Gasteiger partial charge in [-0.3, -0.25) is 4.68 Å². The van der Waals surface area contributed by atoms with Gasteiger partial charge in [0.1, 0.15) is 0 Å². The van der Waals surface area contributed by atoms with Crippen molar-refractivity contribution >= 4 is 21.6 Å². The molecule has 0 amide bonds. The number of halogens is 1. The molecule has 0 aliphatic heterocycles. The molecule has 3 rings (SSSR count). The Bertz CT molecular complexity index is 841. The molecule has 23 heavy (non-hydrogen) atoms. The minimum Gasteiger partial charge on any atom is -0.272 e. The van der Waals surface area contributed by atoms with Gasteiger partial charge in [-0.1, -0.05) is 17.7 Å². The molecule has 0 unspecified atom stereocenters. The first-order chi connectivity index (χ1) is 10.8. The third kappa shape index (κ3) is 3.16. The zero-order valence-electron chi connectivity index (χ0n) is 13.5. The van der Waals surface area contributed by atoms with Gasteiger partial charge in [0.15, 0.2) is 0 Å². The second-order valence-electron chi connectivity index (χ2n) is 6.01. The fourth-order valence-electron chi connectivity index (χ4n) is 2.74. The third-order valence-electron chi connectivity index (χ3n) is 4.33. The summed E-state index contributed by atoms with van der Waals surface area (Å²) in [7, 11) is -1.70. The summed E-state index contributed by atoms with van der Waals surface area (Å²) in [4.78, 5) is 0.246. The zero-order valence-corrected chi connectivity index (χ0v) is 15.0. The molecule has 1 aliphatic carbocycles. The first-order valence-corrected chi connectivity index (χ1v) is 9.39. The number of aromatic nitrogens is 2. The lowest BCUT2D eigenvalue weighted by molar-refractivity contribution is 0.397. The smallest absolute Gasteiger partial charge is 0.243 e. The lowest BCUT2D eigenvalue weighted by atomic mass is 10.2. The molecule has 0 saturated heterocycles. The van der Waals surface area contributed by atoms with Crippen LogP contribution >= 0.6 is 11.6 Å². The summed E-state index contributed by atoms with van der Waals surface area (Å²) < 4.78 is 29.5. The van der Waals surface area contributed by atoms with Crippen molar-refractivity contribution in [1.82, 2.24) is 14.1 Å². The van der Waals surface area contributed by atoms with Crippen molar-refractivity contribution in [3.05, 3.63) is 46.2 Å². The van der Waals surface area contributed by atoms with E-state index < -0.39 is 10.0 Å². The van der Waals surface area contributed by atoms with Gasteiger partial charge in [-0.2, -0.15) is 9.40 Å². The van der Waals surface area contributed by atoms with Crippen LogP contribution in [0.4, 0.5) is 0 Å². The van der Waals surface area contributed by atoms with Crippen LogP contribution in [0.15, 0.2) is 29.2 Å². The van der Waals surface area contributed by atoms with Gasteiger partial charge in [0.2, 0.25) is 10.0 Å². The van der Waals surface area contributed by atoms with E-state index in [9.17, 15) is 8.42 Å². The molecular formula is C16H20ClN3O2S. The fraction of sp³-hybridized carbons (Fsp3) is 0.438. The summed E-state index contributed by atoms with van der Waals surface area (Å²) >= 11 is 5.97. The normalized spacial score (nSPS) is 15.3. The van der Waals surface area contributed by atoms with Crippen molar-refractivity contribution < 1.29 is 8.42 Å². The van der Waals surface area contributed by atoms with Crippen LogP contribution in [0.3, 0.4) is 0 Å². The highest BCUT2D eigenvalue weighted by Gasteiger charge is 2.39. The number of hydrogen-bond donors (Lipinski definition) is 0. The van der Waals surface area contributed by atoms with Crippen LogP contribution in [0, 0.1) is 13.8 Å². The predicted molar refractivity (Wildman–Crippen MR) is 89.9 cm³/mol. The first kappa shape index (κ1) is 16.5. The molecule has 1 fully saturated rings.